The Bertz CT molecular complexity index is 631. The van der Waals surface area contributed by atoms with Gasteiger partial charge in [-0.15, -0.1) is 0 Å². The first kappa shape index (κ1) is 11.0. The fraction of sp³-hybridized carbons (Fsp3) is 0. The van der Waals surface area contributed by atoms with Crippen molar-refractivity contribution in [1.82, 2.24) is 14.8 Å². The van der Waals surface area contributed by atoms with Crippen LogP contribution < -0.4 is 0 Å². The molecule has 84 valence electrons. The van der Waals surface area contributed by atoms with Gasteiger partial charge in [0.25, 0.3) is 0 Å². The molecule has 2 rings (SSSR count). The largest absolute Gasteiger partial charge is 0.307 e. The van der Waals surface area contributed by atoms with E-state index in [1.54, 1.807) is 0 Å². The molecule has 0 aliphatic rings. The Balaban J connectivity index is 2.53. The lowest BCUT2D eigenvalue weighted by atomic mass is 10.3. The van der Waals surface area contributed by atoms with Crippen LogP contribution in [0.1, 0.15) is 5.56 Å². The zero-order valence-electron chi connectivity index (χ0n) is 8.24. The third-order valence-corrected chi connectivity index (χ3v) is 2.36. The highest BCUT2D eigenvalue weighted by Gasteiger charge is 2.14. The van der Waals surface area contributed by atoms with Gasteiger partial charge in [-0.1, -0.05) is 11.6 Å². The smallest absolute Gasteiger partial charge is 0.258 e. The number of nitrogens with zero attached hydrogens (tertiary/aromatic N) is 5. The third kappa shape index (κ3) is 1.93. The molecule has 0 atom stereocenters. The maximum Gasteiger partial charge on any atom is 0.307 e. The maximum absolute atomic E-state index is 10.5. The quantitative estimate of drug-likeness (QED) is 0.596. The lowest BCUT2D eigenvalue weighted by Crippen LogP contribution is -2.00. The topological polar surface area (TPSA) is 97.6 Å². The minimum absolute atomic E-state index is 0.105. The van der Waals surface area contributed by atoms with Gasteiger partial charge in [-0.3, -0.25) is 10.1 Å². The summed E-state index contributed by atoms with van der Waals surface area (Å²) >= 11 is 5.92. The second kappa shape index (κ2) is 4.19. The summed E-state index contributed by atoms with van der Waals surface area (Å²) in [6, 6.07) is 3.34. The van der Waals surface area contributed by atoms with Crippen molar-refractivity contribution in [1.29, 1.82) is 5.26 Å². The summed E-state index contributed by atoms with van der Waals surface area (Å²) < 4.78 is 1.15. The van der Waals surface area contributed by atoms with Gasteiger partial charge < -0.3 is 0 Å². The molecule has 7 nitrogen and oxygen atoms in total. The predicted molar refractivity (Wildman–Crippen MR) is 57.7 cm³/mol. The molecule has 0 aliphatic heterocycles. The Kier molecular flexibility index (Phi) is 2.72. The van der Waals surface area contributed by atoms with Crippen LogP contribution in [0, 0.1) is 21.4 Å². The molecule has 0 unspecified atom stereocenters. The molecule has 17 heavy (non-hydrogen) atoms. The lowest BCUT2D eigenvalue weighted by Gasteiger charge is -2.02. The van der Waals surface area contributed by atoms with Gasteiger partial charge in [0.05, 0.1) is 10.5 Å². The predicted octanol–water partition coefficient (Wildman–Crippen LogP) is 1.70. The first-order valence-electron chi connectivity index (χ1n) is 4.37. The highest BCUT2D eigenvalue weighted by molar-refractivity contribution is 6.33. The molecule has 0 N–H and O–H groups in total. The molecule has 2 heterocycles. The zero-order valence-corrected chi connectivity index (χ0v) is 9.00. The van der Waals surface area contributed by atoms with E-state index in [0.717, 1.165) is 10.9 Å². The van der Waals surface area contributed by atoms with Crippen LogP contribution in [0.25, 0.3) is 5.82 Å². The van der Waals surface area contributed by atoms with E-state index in [1.807, 2.05) is 6.07 Å². The van der Waals surface area contributed by atoms with Crippen molar-refractivity contribution >= 4 is 17.3 Å². The van der Waals surface area contributed by atoms with E-state index >= 15 is 0 Å². The minimum atomic E-state index is -0.578. The SMILES string of the molecule is N#Cc1ccnc(-n2cc([N+](=O)[O-])cn2)c1Cl. The molecule has 2 aromatic rings. The molecule has 0 aliphatic carbocycles. The standard InChI is InChI=1S/C9H4ClN5O2/c10-8-6(3-11)1-2-12-9(8)14-5-7(4-13-14)15(16)17/h1-2,4-5H. The van der Waals surface area contributed by atoms with Crippen LogP contribution in [0.2, 0.25) is 5.02 Å². The van der Waals surface area contributed by atoms with Crippen molar-refractivity contribution < 1.29 is 4.92 Å². The summed E-state index contributed by atoms with van der Waals surface area (Å²) in [5, 5.41) is 23.2. The van der Waals surface area contributed by atoms with Crippen LogP contribution in [-0.2, 0) is 0 Å². The van der Waals surface area contributed by atoms with E-state index in [-0.39, 0.29) is 22.1 Å². The summed E-state index contributed by atoms with van der Waals surface area (Å²) in [6.45, 7) is 0. The fourth-order valence-electron chi connectivity index (χ4n) is 1.20. The Morgan fingerprint density at radius 3 is 2.94 bits per heavy atom. The van der Waals surface area contributed by atoms with E-state index in [0.29, 0.717) is 0 Å². The van der Waals surface area contributed by atoms with Crippen molar-refractivity contribution in [2.45, 2.75) is 0 Å². The molecular formula is C9H4ClN5O2. The molecular weight excluding hydrogens is 246 g/mol. The molecule has 0 aromatic carbocycles. The Labute approximate surface area is 100 Å². The van der Waals surface area contributed by atoms with E-state index in [2.05, 4.69) is 10.1 Å². The number of pyridine rings is 1. The minimum Gasteiger partial charge on any atom is -0.258 e. The van der Waals surface area contributed by atoms with Crippen LogP contribution in [-0.4, -0.2) is 19.7 Å². The number of aromatic nitrogens is 3. The molecule has 0 spiro atoms. The summed E-state index contributed by atoms with van der Waals surface area (Å²) in [7, 11) is 0. The summed E-state index contributed by atoms with van der Waals surface area (Å²) in [5.74, 6) is 0.179. The van der Waals surface area contributed by atoms with Gasteiger partial charge in [-0.05, 0) is 6.07 Å². The van der Waals surface area contributed by atoms with E-state index < -0.39 is 4.92 Å². The van der Waals surface area contributed by atoms with Gasteiger partial charge >= 0.3 is 5.69 Å². The van der Waals surface area contributed by atoms with Gasteiger partial charge in [-0.25, -0.2) is 9.67 Å². The number of nitro groups is 1. The third-order valence-electron chi connectivity index (χ3n) is 1.99. The summed E-state index contributed by atoms with van der Waals surface area (Å²) in [4.78, 5) is 13.8. The van der Waals surface area contributed by atoms with Crippen molar-refractivity contribution in [3.8, 4) is 11.9 Å². The molecule has 8 heteroatoms. The molecule has 0 bridgehead atoms. The second-order valence-corrected chi connectivity index (χ2v) is 3.39. The average molecular weight is 250 g/mol. The average Bonchev–Trinajstić information content (AvgIpc) is 2.78. The molecule has 0 fully saturated rings. The highest BCUT2D eigenvalue weighted by Crippen LogP contribution is 2.22. The van der Waals surface area contributed by atoms with E-state index in [4.69, 9.17) is 16.9 Å². The first-order chi connectivity index (χ1) is 8.13. The number of hydrogen-bond donors (Lipinski definition) is 0. The maximum atomic E-state index is 10.5. The number of rotatable bonds is 2. The number of nitriles is 1. The zero-order chi connectivity index (χ0) is 12.4. The Morgan fingerprint density at radius 1 is 1.59 bits per heavy atom. The first-order valence-corrected chi connectivity index (χ1v) is 4.75. The monoisotopic (exact) mass is 249 g/mol. The van der Waals surface area contributed by atoms with Gasteiger partial charge in [0.2, 0.25) is 0 Å². The molecule has 0 amide bonds. The van der Waals surface area contributed by atoms with Crippen molar-refractivity contribution in [2.75, 3.05) is 0 Å². The second-order valence-electron chi connectivity index (χ2n) is 3.01. The van der Waals surface area contributed by atoms with E-state index in [9.17, 15) is 10.1 Å². The van der Waals surface area contributed by atoms with Gasteiger partial charge in [0.15, 0.2) is 5.82 Å². The van der Waals surface area contributed by atoms with Gasteiger partial charge in [-0.2, -0.15) is 10.4 Å². The van der Waals surface area contributed by atoms with E-state index in [1.165, 1.54) is 18.5 Å². The molecule has 0 saturated carbocycles. The highest BCUT2D eigenvalue weighted by atomic mass is 35.5. The Hall–Kier alpha value is -2.46. The van der Waals surface area contributed by atoms with Crippen LogP contribution in [0.4, 0.5) is 5.69 Å². The van der Waals surface area contributed by atoms with Crippen LogP contribution in [0.5, 0.6) is 0 Å². The number of halogens is 1. The summed E-state index contributed by atoms with van der Waals surface area (Å²) in [6.07, 6.45) is 3.64. The lowest BCUT2D eigenvalue weighted by molar-refractivity contribution is -0.384. The molecule has 2 aromatic heterocycles. The Morgan fingerprint density at radius 2 is 2.35 bits per heavy atom. The van der Waals surface area contributed by atoms with Crippen LogP contribution >= 0.6 is 11.6 Å². The fourth-order valence-corrected chi connectivity index (χ4v) is 1.44. The van der Waals surface area contributed by atoms with Crippen molar-refractivity contribution in [3.63, 3.8) is 0 Å². The van der Waals surface area contributed by atoms with Crippen LogP contribution in [0.3, 0.4) is 0 Å². The molecule has 0 radical (unpaired) electrons. The number of hydrogen-bond acceptors (Lipinski definition) is 5. The van der Waals surface area contributed by atoms with Gasteiger partial charge in [0.1, 0.15) is 23.5 Å². The van der Waals surface area contributed by atoms with Crippen molar-refractivity contribution in [3.05, 3.63) is 45.4 Å². The molecule has 0 saturated heterocycles. The summed E-state index contributed by atoms with van der Waals surface area (Å²) in [5.41, 5.74) is 0.0556. The van der Waals surface area contributed by atoms with Crippen molar-refractivity contribution in [2.24, 2.45) is 0 Å². The van der Waals surface area contributed by atoms with Gasteiger partial charge in [0, 0.05) is 6.20 Å². The normalized spacial score (nSPS) is 9.88. The van der Waals surface area contributed by atoms with Crippen LogP contribution in [0.15, 0.2) is 24.7 Å².